The summed E-state index contributed by atoms with van der Waals surface area (Å²) in [5.41, 5.74) is 0.694. The molecule has 0 aliphatic carbocycles. The molecular weight excluding hydrogens is 360 g/mol. The first kappa shape index (κ1) is 14.1. The van der Waals surface area contributed by atoms with Crippen LogP contribution in [0.3, 0.4) is 0 Å². The fourth-order valence-corrected chi connectivity index (χ4v) is 3.78. The van der Waals surface area contributed by atoms with E-state index in [2.05, 4.69) is 21.2 Å². The Bertz CT molecular complexity index is 550. The van der Waals surface area contributed by atoms with Crippen LogP contribution in [0.5, 0.6) is 0 Å². The zero-order valence-electron chi connectivity index (χ0n) is 9.31. The molecule has 0 saturated carbocycles. The molecule has 0 radical (unpaired) electrons. The first-order valence-electron chi connectivity index (χ1n) is 5.13. The Morgan fingerprint density at radius 1 is 1.33 bits per heavy atom. The van der Waals surface area contributed by atoms with E-state index in [0.29, 0.717) is 5.69 Å². The lowest BCUT2D eigenvalue weighted by molar-refractivity contribution is 0.628. The van der Waals surface area contributed by atoms with Crippen LogP contribution in [0.15, 0.2) is 28.1 Å². The zero-order valence-corrected chi connectivity index (χ0v) is 13.2. The second kappa shape index (κ2) is 5.78. The van der Waals surface area contributed by atoms with Crippen LogP contribution in [0.4, 0.5) is 10.1 Å². The molecule has 0 aliphatic heterocycles. The van der Waals surface area contributed by atoms with Gasteiger partial charge in [0.15, 0.2) is 5.82 Å². The fourth-order valence-electron chi connectivity index (χ4n) is 1.57. The molecule has 0 saturated heterocycles. The quantitative estimate of drug-likeness (QED) is 0.642. The van der Waals surface area contributed by atoms with Crippen molar-refractivity contribution >= 4 is 56.2 Å². The Balaban J connectivity index is 2.22. The summed E-state index contributed by atoms with van der Waals surface area (Å²) in [6.07, 6.45) is 0. The van der Waals surface area contributed by atoms with Crippen LogP contribution in [0.25, 0.3) is 0 Å². The number of nitrogens with one attached hydrogen (secondary N) is 1. The predicted octanol–water partition coefficient (Wildman–Crippen LogP) is 6.13. The van der Waals surface area contributed by atoms with Gasteiger partial charge in [-0.05, 0) is 46.4 Å². The summed E-state index contributed by atoms with van der Waals surface area (Å²) in [7, 11) is 0. The topological polar surface area (TPSA) is 12.0 Å². The minimum atomic E-state index is -0.589. The van der Waals surface area contributed by atoms with Gasteiger partial charge in [0, 0.05) is 15.0 Å². The third-order valence-electron chi connectivity index (χ3n) is 2.41. The molecule has 1 atom stereocenters. The van der Waals surface area contributed by atoms with E-state index in [-0.39, 0.29) is 16.1 Å². The van der Waals surface area contributed by atoms with Gasteiger partial charge >= 0.3 is 0 Å². The minimum Gasteiger partial charge on any atom is -0.378 e. The highest BCUT2D eigenvalue weighted by Crippen LogP contribution is 2.33. The van der Waals surface area contributed by atoms with Crippen molar-refractivity contribution in [2.45, 2.75) is 13.0 Å². The van der Waals surface area contributed by atoms with Crippen molar-refractivity contribution in [2.75, 3.05) is 5.32 Å². The third-order valence-corrected chi connectivity index (χ3v) is 5.01. The van der Waals surface area contributed by atoms with Gasteiger partial charge in [-0.3, -0.25) is 0 Å². The van der Waals surface area contributed by atoms with E-state index in [0.717, 1.165) is 9.35 Å². The molecule has 0 aliphatic rings. The molecular formula is C12H9BrCl2FNS. The Kier molecular flexibility index (Phi) is 4.54. The summed E-state index contributed by atoms with van der Waals surface area (Å²) in [5, 5.41) is 5.27. The molecule has 0 amide bonds. The molecule has 2 aromatic rings. The Morgan fingerprint density at radius 3 is 2.44 bits per heavy atom. The molecule has 0 bridgehead atoms. The van der Waals surface area contributed by atoms with Crippen LogP contribution in [0.1, 0.15) is 17.8 Å². The van der Waals surface area contributed by atoms with E-state index in [9.17, 15) is 4.39 Å². The number of anilines is 1. The van der Waals surface area contributed by atoms with Gasteiger partial charge < -0.3 is 5.32 Å². The van der Waals surface area contributed by atoms with E-state index in [1.165, 1.54) is 12.1 Å². The maximum atomic E-state index is 13.3. The Hall–Kier alpha value is -0.290. The summed E-state index contributed by atoms with van der Waals surface area (Å²) in [6.45, 7) is 2.02. The van der Waals surface area contributed by atoms with Crippen molar-refractivity contribution in [1.29, 1.82) is 0 Å². The second-order valence-electron chi connectivity index (χ2n) is 3.75. The van der Waals surface area contributed by atoms with Crippen LogP contribution in [-0.4, -0.2) is 0 Å². The van der Waals surface area contributed by atoms with Gasteiger partial charge in [0.1, 0.15) is 0 Å². The van der Waals surface area contributed by atoms with E-state index >= 15 is 0 Å². The van der Waals surface area contributed by atoms with Crippen LogP contribution in [0.2, 0.25) is 10.0 Å². The largest absolute Gasteiger partial charge is 0.378 e. The van der Waals surface area contributed by atoms with E-state index in [1.807, 2.05) is 18.4 Å². The molecule has 96 valence electrons. The van der Waals surface area contributed by atoms with E-state index in [4.69, 9.17) is 23.2 Å². The SMILES string of the molecule is CC(Nc1cc(Cl)c(F)c(Cl)c1)c1sccc1Br. The average molecular weight is 369 g/mol. The van der Waals surface area contributed by atoms with Gasteiger partial charge in [0.2, 0.25) is 0 Å². The van der Waals surface area contributed by atoms with Crippen LogP contribution in [-0.2, 0) is 0 Å². The molecule has 18 heavy (non-hydrogen) atoms. The van der Waals surface area contributed by atoms with Crippen molar-refractivity contribution in [3.05, 3.63) is 48.8 Å². The average Bonchev–Trinajstić information content (AvgIpc) is 2.72. The smallest absolute Gasteiger partial charge is 0.160 e. The predicted molar refractivity (Wildman–Crippen MR) is 80.5 cm³/mol. The van der Waals surface area contributed by atoms with Crippen molar-refractivity contribution in [1.82, 2.24) is 0 Å². The van der Waals surface area contributed by atoms with Crippen molar-refractivity contribution in [3.63, 3.8) is 0 Å². The molecule has 1 aromatic carbocycles. The van der Waals surface area contributed by atoms with Crippen LogP contribution < -0.4 is 5.32 Å². The first-order chi connectivity index (χ1) is 8.49. The summed E-state index contributed by atoms with van der Waals surface area (Å²) in [4.78, 5) is 1.16. The molecule has 1 aromatic heterocycles. The first-order valence-corrected chi connectivity index (χ1v) is 7.56. The number of thiophene rings is 1. The highest BCUT2D eigenvalue weighted by molar-refractivity contribution is 9.10. The highest BCUT2D eigenvalue weighted by Gasteiger charge is 2.13. The normalized spacial score (nSPS) is 12.5. The highest BCUT2D eigenvalue weighted by atomic mass is 79.9. The molecule has 1 N–H and O–H groups in total. The summed E-state index contributed by atoms with van der Waals surface area (Å²) in [5.74, 6) is -0.589. The molecule has 2 rings (SSSR count). The van der Waals surface area contributed by atoms with E-state index < -0.39 is 5.82 Å². The standard InChI is InChI=1S/C12H9BrCl2FNS/c1-6(12-8(13)2-3-18-12)17-7-4-9(14)11(16)10(15)5-7/h2-6,17H,1H3. The Morgan fingerprint density at radius 2 is 1.94 bits per heavy atom. The minimum absolute atomic E-state index is 0.0162. The second-order valence-corrected chi connectivity index (χ2v) is 6.37. The van der Waals surface area contributed by atoms with Crippen molar-refractivity contribution in [3.8, 4) is 0 Å². The molecule has 0 fully saturated rings. The number of rotatable bonds is 3. The monoisotopic (exact) mass is 367 g/mol. The number of halogens is 4. The molecule has 1 heterocycles. The van der Waals surface area contributed by atoms with Gasteiger partial charge in [-0.15, -0.1) is 11.3 Å². The van der Waals surface area contributed by atoms with Gasteiger partial charge in [0.05, 0.1) is 16.1 Å². The molecule has 0 spiro atoms. The summed E-state index contributed by atoms with van der Waals surface area (Å²) >= 11 is 16.6. The van der Waals surface area contributed by atoms with Crippen molar-refractivity contribution in [2.24, 2.45) is 0 Å². The lowest BCUT2D eigenvalue weighted by Crippen LogP contribution is -2.05. The molecule has 1 unspecified atom stereocenters. The van der Waals surface area contributed by atoms with Gasteiger partial charge in [-0.1, -0.05) is 23.2 Å². The summed E-state index contributed by atoms with van der Waals surface area (Å²) in [6, 6.07) is 5.13. The lowest BCUT2D eigenvalue weighted by Gasteiger charge is -2.15. The van der Waals surface area contributed by atoms with Gasteiger partial charge in [0.25, 0.3) is 0 Å². The third kappa shape index (κ3) is 2.99. The summed E-state index contributed by atoms with van der Waals surface area (Å²) < 4.78 is 14.3. The zero-order chi connectivity index (χ0) is 13.3. The van der Waals surface area contributed by atoms with Crippen molar-refractivity contribution < 1.29 is 4.39 Å². The van der Waals surface area contributed by atoms with Crippen LogP contribution >= 0.6 is 50.5 Å². The maximum absolute atomic E-state index is 13.3. The van der Waals surface area contributed by atoms with E-state index in [1.54, 1.807) is 11.3 Å². The maximum Gasteiger partial charge on any atom is 0.160 e. The lowest BCUT2D eigenvalue weighted by atomic mass is 10.2. The molecule has 1 nitrogen and oxygen atoms in total. The number of hydrogen-bond donors (Lipinski definition) is 1. The van der Waals surface area contributed by atoms with Gasteiger partial charge in [-0.2, -0.15) is 0 Å². The number of hydrogen-bond acceptors (Lipinski definition) is 2. The van der Waals surface area contributed by atoms with Gasteiger partial charge in [-0.25, -0.2) is 4.39 Å². The Labute approximate surface area is 127 Å². The van der Waals surface area contributed by atoms with Crippen LogP contribution in [0, 0.1) is 5.82 Å². The molecule has 6 heteroatoms. The number of benzene rings is 1. The fraction of sp³-hybridized carbons (Fsp3) is 0.167.